The fraction of sp³-hybridized carbons (Fsp3) is 0.238. The summed E-state index contributed by atoms with van der Waals surface area (Å²) in [5.74, 6) is 0.210. The zero-order chi connectivity index (χ0) is 19.9. The minimum Gasteiger partial charge on any atom is -0.356 e. The van der Waals surface area contributed by atoms with Gasteiger partial charge >= 0.3 is 0 Å². The first-order chi connectivity index (χ1) is 13.5. The van der Waals surface area contributed by atoms with Crippen molar-refractivity contribution in [1.29, 1.82) is 0 Å². The molecule has 0 spiro atoms. The Morgan fingerprint density at radius 2 is 1.86 bits per heavy atom. The van der Waals surface area contributed by atoms with Crippen LogP contribution in [0.15, 0.2) is 65.8 Å². The van der Waals surface area contributed by atoms with Crippen molar-refractivity contribution in [2.45, 2.75) is 13.0 Å². The third-order valence-electron chi connectivity index (χ3n) is 4.28. The van der Waals surface area contributed by atoms with Gasteiger partial charge in [0.25, 0.3) is 0 Å². The van der Waals surface area contributed by atoms with Crippen LogP contribution in [0.4, 0.5) is 8.78 Å². The Labute approximate surface area is 186 Å². The Kier molecular flexibility index (Phi) is 8.56. The molecule has 0 radical (unpaired) electrons. The zero-order valence-electron chi connectivity index (χ0n) is 16.3. The van der Waals surface area contributed by atoms with Gasteiger partial charge in [0.1, 0.15) is 11.6 Å². The summed E-state index contributed by atoms with van der Waals surface area (Å²) in [6, 6.07) is 14.7. The molecule has 3 aromatic rings. The van der Waals surface area contributed by atoms with Gasteiger partial charge < -0.3 is 10.2 Å². The van der Waals surface area contributed by atoms with Gasteiger partial charge in [-0.25, -0.2) is 13.5 Å². The second-order valence-corrected chi connectivity index (χ2v) is 6.44. The molecule has 2 aromatic carbocycles. The average Bonchev–Trinajstić information content (AvgIpc) is 3.14. The molecular formula is C21H24F2IN5. The lowest BCUT2D eigenvalue weighted by Gasteiger charge is -2.22. The number of hydrogen-bond donors (Lipinski definition) is 1. The summed E-state index contributed by atoms with van der Waals surface area (Å²) in [4.78, 5) is 6.21. The number of aromatic nitrogens is 2. The van der Waals surface area contributed by atoms with Crippen molar-refractivity contribution in [3.63, 3.8) is 0 Å². The third kappa shape index (κ3) is 6.52. The van der Waals surface area contributed by atoms with Gasteiger partial charge in [-0.3, -0.25) is 4.99 Å². The molecule has 0 fully saturated rings. The summed E-state index contributed by atoms with van der Waals surface area (Å²) < 4.78 is 28.1. The number of guanidine groups is 1. The molecule has 0 unspecified atom stereocenters. The number of hydrogen-bond acceptors (Lipinski definition) is 2. The minimum atomic E-state index is -0.269. The van der Waals surface area contributed by atoms with Gasteiger partial charge in [-0.1, -0.05) is 12.1 Å². The fourth-order valence-corrected chi connectivity index (χ4v) is 2.90. The second kappa shape index (κ2) is 10.9. The quantitative estimate of drug-likeness (QED) is 0.309. The van der Waals surface area contributed by atoms with Crippen LogP contribution in [-0.4, -0.2) is 41.3 Å². The van der Waals surface area contributed by atoms with E-state index in [4.69, 9.17) is 0 Å². The molecule has 8 heteroatoms. The van der Waals surface area contributed by atoms with Crippen molar-refractivity contribution in [1.82, 2.24) is 20.0 Å². The van der Waals surface area contributed by atoms with Crippen LogP contribution in [0.2, 0.25) is 0 Å². The van der Waals surface area contributed by atoms with Gasteiger partial charge in [0.05, 0.1) is 11.4 Å². The highest BCUT2D eigenvalue weighted by molar-refractivity contribution is 14.0. The normalized spacial score (nSPS) is 11.1. The van der Waals surface area contributed by atoms with E-state index in [2.05, 4.69) is 15.4 Å². The Bertz CT molecular complexity index is 940. The Morgan fingerprint density at radius 3 is 2.55 bits per heavy atom. The Hall–Kier alpha value is -2.49. The van der Waals surface area contributed by atoms with Crippen molar-refractivity contribution in [3.8, 4) is 5.69 Å². The molecule has 0 saturated carbocycles. The molecule has 1 heterocycles. The molecule has 0 saturated heterocycles. The highest BCUT2D eigenvalue weighted by Crippen LogP contribution is 2.09. The molecule has 0 amide bonds. The maximum absolute atomic E-state index is 13.3. The van der Waals surface area contributed by atoms with E-state index < -0.39 is 0 Å². The van der Waals surface area contributed by atoms with Crippen molar-refractivity contribution in [2.75, 3.05) is 20.6 Å². The van der Waals surface area contributed by atoms with E-state index >= 15 is 0 Å². The van der Waals surface area contributed by atoms with Crippen LogP contribution < -0.4 is 5.32 Å². The van der Waals surface area contributed by atoms with Gasteiger partial charge in [0.15, 0.2) is 5.96 Å². The van der Waals surface area contributed by atoms with Gasteiger partial charge in [-0.15, -0.1) is 24.0 Å². The molecule has 154 valence electrons. The first-order valence-electron chi connectivity index (χ1n) is 9.02. The van der Waals surface area contributed by atoms with Crippen LogP contribution in [0, 0.1) is 11.6 Å². The molecule has 0 aliphatic rings. The van der Waals surface area contributed by atoms with Crippen LogP contribution >= 0.6 is 24.0 Å². The number of nitrogens with one attached hydrogen (secondary N) is 1. The summed E-state index contributed by atoms with van der Waals surface area (Å²) in [5.41, 5.74) is 2.61. The summed E-state index contributed by atoms with van der Waals surface area (Å²) in [7, 11) is 3.62. The maximum atomic E-state index is 13.3. The van der Waals surface area contributed by atoms with Gasteiger partial charge in [0, 0.05) is 39.8 Å². The molecule has 1 N–H and O–H groups in total. The second-order valence-electron chi connectivity index (χ2n) is 6.44. The molecule has 5 nitrogen and oxygen atoms in total. The van der Waals surface area contributed by atoms with E-state index in [9.17, 15) is 8.78 Å². The number of nitrogens with zero attached hydrogens (tertiary/aromatic N) is 4. The first kappa shape index (κ1) is 22.8. The maximum Gasteiger partial charge on any atom is 0.193 e. The molecule has 29 heavy (non-hydrogen) atoms. The van der Waals surface area contributed by atoms with E-state index in [0.29, 0.717) is 19.5 Å². The number of rotatable bonds is 6. The van der Waals surface area contributed by atoms with E-state index in [1.807, 2.05) is 30.3 Å². The largest absolute Gasteiger partial charge is 0.356 e. The van der Waals surface area contributed by atoms with Crippen molar-refractivity contribution >= 4 is 29.9 Å². The van der Waals surface area contributed by atoms with Crippen LogP contribution in [0.1, 0.15) is 11.3 Å². The monoisotopic (exact) mass is 511 g/mol. The highest BCUT2D eigenvalue weighted by Gasteiger charge is 2.08. The molecule has 0 aliphatic carbocycles. The van der Waals surface area contributed by atoms with Crippen LogP contribution in [0.3, 0.4) is 0 Å². The summed E-state index contributed by atoms with van der Waals surface area (Å²) in [6.45, 7) is 1.21. The van der Waals surface area contributed by atoms with Crippen LogP contribution in [0.5, 0.6) is 0 Å². The third-order valence-corrected chi connectivity index (χ3v) is 4.28. The highest BCUT2D eigenvalue weighted by atomic mass is 127. The molecule has 0 atom stereocenters. The molecule has 1 aromatic heterocycles. The van der Waals surface area contributed by atoms with Gasteiger partial charge in [-0.2, -0.15) is 5.10 Å². The number of aliphatic imine (C=N–C) groups is 1. The Balaban J connectivity index is 0.00000300. The van der Waals surface area contributed by atoms with E-state index in [1.54, 1.807) is 29.9 Å². The van der Waals surface area contributed by atoms with E-state index in [0.717, 1.165) is 22.9 Å². The smallest absolute Gasteiger partial charge is 0.193 e. The first-order valence-corrected chi connectivity index (χ1v) is 9.02. The van der Waals surface area contributed by atoms with Gasteiger partial charge in [-0.05, 0) is 48.0 Å². The van der Waals surface area contributed by atoms with E-state index in [1.165, 1.54) is 24.3 Å². The number of benzene rings is 2. The van der Waals surface area contributed by atoms with Crippen molar-refractivity contribution < 1.29 is 8.78 Å². The topological polar surface area (TPSA) is 45.5 Å². The Morgan fingerprint density at radius 1 is 1.10 bits per heavy atom. The van der Waals surface area contributed by atoms with Gasteiger partial charge in [0.2, 0.25) is 0 Å². The lowest BCUT2D eigenvalue weighted by Crippen LogP contribution is -2.39. The van der Waals surface area contributed by atoms with Crippen LogP contribution in [-0.2, 0) is 13.0 Å². The lowest BCUT2D eigenvalue weighted by atomic mass is 10.2. The minimum absolute atomic E-state index is 0. The lowest BCUT2D eigenvalue weighted by molar-refractivity contribution is 0.475. The zero-order valence-corrected chi connectivity index (χ0v) is 18.7. The predicted molar refractivity (Wildman–Crippen MR) is 122 cm³/mol. The summed E-state index contributed by atoms with van der Waals surface area (Å²) >= 11 is 0. The SMILES string of the molecule is CN=C(NCCc1ccn(-c2ccc(F)cc2)n1)N(C)Cc1cccc(F)c1.I. The summed E-state index contributed by atoms with van der Waals surface area (Å²) in [6.07, 6.45) is 2.56. The average molecular weight is 511 g/mol. The molecular weight excluding hydrogens is 487 g/mol. The molecule has 0 aliphatic heterocycles. The van der Waals surface area contributed by atoms with Crippen LogP contribution in [0.25, 0.3) is 5.69 Å². The van der Waals surface area contributed by atoms with Crippen molar-refractivity contribution in [2.24, 2.45) is 4.99 Å². The van der Waals surface area contributed by atoms with E-state index in [-0.39, 0.29) is 35.6 Å². The summed E-state index contributed by atoms with van der Waals surface area (Å²) in [5, 5.41) is 7.81. The van der Waals surface area contributed by atoms with Crippen molar-refractivity contribution in [3.05, 3.63) is 83.7 Å². The standard InChI is InChI=1S/C21H23F2N5.HI/c1-24-21(27(2)15-16-4-3-5-18(23)14-16)25-12-10-19-11-13-28(26-19)20-8-6-17(22)7-9-20;/h3-9,11,13-14H,10,12,15H2,1-2H3,(H,24,25);1H. The predicted octanol–water partition coefficient (Wildman–Crippen LogP) is 4.02. The molecule has 0 bridgehead atoms. The molecule has 3 rings (SSSR count). The fourth-order valence-electron chi connectivity index (χ4n) is 2.90. The number of halogens is 3.